The molecule has 4 amide bonds. The van der Waals surface area contributed by atoms with Crippen molar-refractivity contribution in [2.75, 3.05) is 11.9 Å². The van der Waals surface area contributed by atoms with Crippen molar-refractivity contribution < 1.29 is 28.7 Å². The number of ether oxygens (including phenoxy) is 1. The monoisotopic (exact) mass is 525 g/mol. The largest absolute Gasteiger partial charge is 0.464 e. The summed E-state index contributed by atoms with van der Waals surface area (Å²) in [5.41, 5.74) is 2.39. The van der Waals surface area contributed by atoms with E-state index in [4.69, 9.17) is 4.74 Å². The van der Waals surface area contributed by atoms with Gasteiger partial charge in [-0.2, -0.15) is 0 Å². The van der Waals surface area contributed by atoms with E-state index in [0.29, 0.717) is 11.3 Å². The van der Waals surface area contributed by atoms with Crippen LogP contribution in [0.25, 0.3) is 6.08 Å². The Hall–Kier alpha value is -5.05. The average molecular weight is 526 g/mol. The summed E-state index contributed by atoms with van der Waals surface area (Å²) < 4.78 is 5.18. The number of carbonyl (C=O) groups is 5. The van der Waals surface area contributed by atoms with Gasteiger partial charge in [-0.05, 0) is 48.4 Å². The minimum absolute atomic E-state index is 0.0313. The number of imide groups is 1. The molecule has 1 aliphatic rings. The van der Waals surface area contributed by atoms with Gasteiger partial charge in [0.25, 0.3) is 17.7 Å². The number of hydrogen-bond donors (Lipinski definition) is 2. The van der Waals surface area contributed by atoms with Crippen LogP contribution >= 0.6 is 0 Å². The fourth-order valence-corrected chi connectivity index (χ4v) is 4.22. The number of nitrogens with one attached hydrogen (secondary N) is 2. The van der Waals surface area contributed by atoms with Gasteiger partial charge in [0.1, 0.15) is 11.7 Å². The van der Waals surface area contributed by atoms with Crippen molar-refractivity contribution in [3.63, 3.8) is 0 Å². The van der Waals surface area contributed by atoms with Gasteiger partial charge in [-0.3, -0.25) is 24.1 Å². The summed E-state index contributed by atoms with van der Waals surface area (Å²) in [7, 11) is 0. The molecule has 0 aromatic heterocycles. The van der Waals surface area contributed by atoms with Crippen molar-refractivity contribution in [1.82, 2.24) is 10.2 Å². The minimum atomic E-state index is -1.15. The van der Waals surface area contributed by atoms with Crippen molar-refractivity contribution in [2.24, 2.45) is 0 Å². The van der Waals surface area contributed by atoms with Crippen LogP contribution in [0, 0.1) is 0 Å². The lowest BCUT2D eigenvalue weighted by molar-refractivity contribution is -0.147. The molecule has 1 aliphatic heterocycles. The standard InChI is InChI=1S/C30H27N3O6/c1-3-39-30(38)26(33-28(36)23-11-7-8-12-24(23)29(33)37)18-21-13-15-22(16-14-21)32-27(35)25(31-19(2)34)17-20-9-5-4-6-10-20/h4-17,26H,3,18H2,1-2H3,(H,31,34)(H,32,35)/b25-17+/t26-/m0/s1. The van der Waals surface area contributed by atoms with E-state index in [9.17, 15) is 24.0 Å². The zero-order valence-corrected chi connectivity index (χ0v) is 21.5. The number of esters is 1. The van der Waals surface area contributed by atoms with Gasteiger partial charge in [0.05, 0.1) is 17.7 Å². The fraction of sp³-hybridized carbons (Fsp3) is 0.167. The van der Waals surface area contributed by atoms with E-state index in [2.05, 4.69) is 10.6 Å². The number of nitrogens with zero attached hydrogens (tertiary/aromatic N) is 1. The van der Waals surface area contributed by atoms with Gasteiger partial charge in [0, 0.05) is 19.0 Å². The first-order valence-electron chi connectivity index (χ1n) is 12.4. The van der Waals surface area contributed by atoms with Crippen LogP contribution in [0.5, 0.6) is 0 Å². The summed E-state index contributed by atoms with van der Waals surface area (Å²) in [6.45, 7) is 3.06. The quantitative estimate of drug-likeness (QED) is 0.250. The highest BCUT2D eigenvalue weighted by atomic mass is 16.5. The molecule has 1 heterocycles. The Kier molecular flexibility index (Phi) is 8.30. The Morgan fingerprint density at radius 3 is 2.03 bits per heavy atom. The Morgan fingerprint density at radius 2 is 1.46 bits per heavy atom. The summed E-state index contributed by atoms with van der Waals surface area (Å²) in [6.07, 6.45) is 1.60. The zero-order valence-electron chi connectivity index (χ0n) is 21.5. The van der Waals surface area contributed by atoms with Gasteiger partial charge >= 0.3 is 5.97 Å². The molecule has 9 heteroatoms. The van der Waals surface area contributed by atoms with Gasteiger partial charge in [-0.15, -0.1) is 0 Å². The second-order valence-electron chi connectivity index (χ2n) is 8.80. The van der Waals surface area contributed by atoms with E-state index in [1.165, 1.54) is 6.92 Å². The van der Waals surface area contributed by atoms with Gasteiger partial charge < -0.3 is 15.4 Å². The molecule has 4 rings (SSSR count). The number of fused-ring (bicyclic) bond motifs is 1. The third kappa shape index (κ3) is 6.27. The van der Waals surface area contributed by atoms with Gasteiger partial charge in [-0.1, -0.05) is 54.6 Å². The molecule has 9 nitrogen and oxygen atoms in total. The van der Waals surface area contributed by atoms with Crippen LogP contribution in [-0.4, -0.2) is 47.1 Å². The first-order chi connectivity index (χ1) is 18.8. The molecule has 0 radical (unpaired) electrons. The highest BCUT2D eigenvalue weighted by Crippen LogP contribution is 2.27. The van der Waals surface area contributed by atoms with Gasteiger partial charge in [0.2, 0.25) is 5.91 Å². The minimum Gasteiger partial charge on any atom is -0.464 e. The number of anilines is 1. The number of amides is 4. The number of hydrogen-bond acceptors (Lipinski definition) is 6. The van der Waals surface area contributed by atoms with Crippen LogP contribution in [0.2, 0.25) is 0 Å². The molecule has 0 saturated heterocycles. The molecule has 0 unspecified atom stereocenters. The summed E-state index contributed by atoms with van der Waals surface area (Å²) in [4.78, 5) is 64.4. The fourth-order valence-electron chi connectivity index (χ4n) is 4.22. The summed E-state index contributed by atoms with van der Waals surface area (Å²) in [5.74, 6) is -2.69. The number of rotatable bonds is 9. The maximum absolute atomic E-state index is 13.0. The Morgan fingerprint density at radius 1 is 0.872 bits per heavy atom. The van der Waals surface area contributed by atoms with Crippen LogP contribution in [0.1, 0.15) is 45.7 Å². The van der Waals surface area contributed by atoms with Crippen molar-refractivity contribution >= 4 is 41.4 Å². The smallest absolute Gasteiger partial charge is 0.329 e. The van der Waals surface area contributed by atoms with Crippen LogP contribution < -0.4 is 10.6 Å². The van der Waals surface area contributed by atoms with Crippen molar-refractivity contribution in [2.45, 2.75) is 26.3 Å². The van der Waals surface area contributed by atoms with Gasteiger partial charge in [0.15, 0.2) is 0 Å². The van der Waals surface area contributed by atoms with E-state index in [1.807, 2.05) is 18.2 Å². The second kappa shape index (κ2) is 12.0. The second-order valence-corrected chi connectivity index (χ2v) is 8.80. The number of carbonyl (C=O) groups excluding carboxylic acids is 5. The molecular weight excluding hydrogens is 498 g/mol. The molecule has 2 N–H and O–H groups in total. The van der Waals surface area contributed by atoms with E-state index in [0.717, 1.165) is 10.5 Å². The van der Waals surface area contributed by atoms with E-state index in [1.54, 1.807) is 73.7 Å². The lowest BCUT2D eigenvalue weighted by Crippen LogP contribution is -2.47. The lowest BCUT2D eigenvalue weighted by atomic mass is 10.0. The topological polar surface area (TPSA) is 122 Å². The molecule has 0 aliphatic carbocycles. The molecular formula is C30H27N3O6. The van der Waals surface area contributed by atoms with Crippen LogP contribution in [0.15, 0.2) is 84.6 Å². The maximum Gasteiger partial charge on any atom is 0.329 e. The molecule has 0 spiro atoms. The highest BCUT2D eigenvalue weighted by Gasteiger charge is 2.43. The first-order valence-corrected chi connectivity index (χ1v) is 12.4. The molecule has 0 bridgehead atoms. The van der Waals surface area contributed by atoms with Crippen molar-refractivity contribution in [1.29, 1.82) is 0 Å². The summed E-state index contributed by atoms with van der Waals surface area (Å²) >= 11 is 0. The molecule has 198 valence electrons. The molecule has 0 fully saturated rings. The summed E-state index contributed by atoms with van der Waals surface area (Å²) in [6, 6.07) is 21.0. The third-order valence-electron chi connectivity index (χ3n) is 6.00. The Bertz CT molecular complexity index is 1410. The zero-order chi connectivity index (χ0) is 27.9. The van der Waals surface area contributed by atoms with Crippen LogP contribution in [-0.2, 0) is 25.5 Å². The van der Waals surface area contributed by atoms with Crippen molar-refractivity contribution in [3.05, 3.63) is 107 Å². The van der Waals surface area contributed by atoms with E-state index in [-0.39, 0.29) is 35.8 Å². The molecule has 3 aromatic rings. The van der Waals surface area contributed by atoms with Gasteiger partial charge in [-0.25, -0.2) is 4.79 Å². The molecule has 1 atom stereocenters. The first kappa shape index (κ1) is 27.0. The molecule has 39 heavy (non-hydrogen) atoms. The Balaban J connectivity index is 1.52. The predicted octanol–water partition coefficient (Wildman–Crippen LogP) is 3.57. The lowest BCUT2D eigenvalue weighted by Gasteiger charge is -2.24. The Labute approximate surface area is 225 Å². The molecule has 0 saturated carbocycles. The van der Waals surface area contributed by atoms with Crippen LogP contribution in [0.4, 0.5) is 5.69 Å². The third-order valence-corrected chi connectivity index (χ3v) is 6.00. The normalized spacial score (nSPS) is 13.5. The summed E-state index contributed by atoms with van der Waals surface area (Å²) in [5, 5.41) is 5.29. The predicted molar refractivity (Wildman–Crippen MR) is 144 cm³/mol. The average Bonchev–Trinajstić information content (AvgIpc) is 3.18. The van der Waals surface area contributed by atoms with E-state index >= 15 is 0 Å². The maximum atomic E-state index is 13.0. The van der Waals surface area contributed by atoms with E-state index < -0.39 is 29.7 Å². The number of benzene rings is 3. The van der Waals surface area contributed by atoms with Crippen molar-refractivity contribution in [3.8, 4) is 0 Å². The molecule has 3 aromatic carbocycles. The van der Waals surface area contributed by atoms with Crippen LogP contribution in [0.3, 0.4) is 0 Å². The SMILES string of the molecule is CCOC(=O)[C@H](Cc1ccc(NC(=O)/C(=C\c2ccccc2)NC(C)=O)cc1)N1C(=O)c2ccccc2C1=O. The highest BCUT2D eigenvalue weighted by molar-refractivity contribution is 6.22.